The lowest BCUT2D eigenvalue weighted by Gasteiger charge is -2.19. The average molecular weight is 301 g/mol. The number of nitrogens with zero attached hydrogens (tertiary/aromatic N) is 1. The third-order valence-electron chi connectivity index (χ3n) is 3.50. The molecule has 0 saturated carbocycles. The number of imidazole rings is 1. The second kappa shape index (κ2) is 6.75. The number of nitrogens with two attached hydrogens (primary N) is 1. The number of ether oxygens (including phenoxy) is 1. The standard InChI is InChI=1S/C17H23N3O2/c1-17(2,3)13-6-4-12(5-7-13)10-22-16(21)15(18)8-14-9-19-11-20-14/h4-7,9,11,15H,8,10,18H2,1-3H3,(H,19,20)/t15-/m0/s1. The Morgan fingerprint density at radius 1 is 1.32 bits per heavy atom. The van der Waals surface area contributed by atoms with Crippen LogP contribution in [0.3, 0.4) is 0 Å². The maximum atomic E-state index is 11.9. The molecule has 1 atom stereocenters. The number of rotatable bonds is 5. The molecule has 0 spiro atoms. The molecule has 118 valence electrons. The quantitative estimate of drug-likeness (QED) is 0.830. The first kappa shape index (κ1) is 16.2. The smallest absolute Gasteiger partial charge is 0.323 e. The first-order valence-electron chi connectivity index (χ1n) is 7.35. The molecule has 0 amide bonds. The molecule has 2 aromatic rings. The van der Waals surface area contributed by atoms with E-state index in [4.69, 9.17) is 10.5 Å². The second-order valence-electron chi connectivity index (χ2n) is 6.44. The number of benzene rings is 1. The molecule has 3 N–H and O–H groups in total. The fourth-order valence-corrected chi connectivity index (χ4v) is 2.08. The summed E-state index contributed by atoms with van der Waals surface area (Å²) in [6.07, 6.45) is 3.60. The molecular formula is C17H23N3O2. The number of carbonyl (C=O) groups is 1. The minimum atomic E-state index is -0.686. The van der Waals surface area contributed by atoms with E-state index in [1.54, 1.807) is 12.5 Å². The first-order valence-corrected chi connectivity index (χ1v) is 7.35. The van der Waals surface area contributed by atoms with Crippen molar-refractivity contribution in [1.82, 2.24) is 9.97 Å². The first-order chi connectivity index (χ1) is 10.4. The van der Waals surface area contributed by atoms with Gasteiger partial charge in [-0.3, -0.25) is 4.79 Å². The molecule has 1 aromatic carbocycles. The molecule has 5 nitrogen and oxygen atoms in total. The molecule has 1 aromatic heterocycles. The largest absolute Gasteiger partial charge is 0.460 e. The number of carbonyl (C=O) groups excluding carboxylic acids is 1. The molecule has 0 unspecified atom stereocenters. The second-order valence-corrected chi connectivity index (χ2v) is 6.44. The Bertz CT molecular complexity index is 598. The van der Waals surface area contributed by atoms with E-state index in [1.807, 2.05) is 12.1 Å². The van der Waals surface area contributed by atoms with Gasteiger partial charge in [-0.1, -0.05) is 45.0 Å². The lowest BCUT2D eigenvalue weighted by atomic mass is 9.87. The Kier molecular flexibility index (Phi) is 4.98. The fraction of sp³-hybridized carbons (Fsp3) is 0.412. The summed E-state index contributed by atoms with van der Waals surface area (Å²) in [4.78, 5) is 18.7. The van der Waals surface area contributed by atoms with Crippen LogP contribution in [0, 0.1) is 0 Å². The van der Waals surface area contributed by atoms with Gasteiger partial charge in [0, 0.05) is 18.3 Å². The highest BCUT2D eigenvalue weighted by Crippen LogP contribution is 2.22. The SMILES string of the molecule is CC(C)(C)c1ccc(COC(=O)[C@@H](N)Cc2cnc[nH]2)cc1. The molecule has 5 heteroatoms. The zero-order valence-electron chi connectivity index (χ0n) is 13.3. The van der Waals surface area contributed by atoms with Gasteiger partial charge >= 0.3 is 5.97 Å². The van der Waals surface area contributed by atoms with Gasteiger partial charge in [0.05, 0.1) is 6.33 Å². The Morgan fingerprint density at radius 2 is 2.00 bits per heavy atom. The van der Waals surface area contributed by atoms with E-state index in [2.05, 4.69) is 42.9 Å². The van der Waals surface area contributed by atoms with Gasteiger partial charge in [0.25, 0.3) is 0 Å². The average Bonchev–Trinajstić information content (AvgIpc) is 2.97. The lowest BCUT2D eigenvalue weighted by Crippen LogP contribution is -2.34. The summed E-state index contributed by atoms with van der Waals surface area (Å²) in [5.74, 6) is -0.408. The van der Waals surface area contributed by atoms with Crippen LogP contribution in [-0.4, -0.2) is 22.0 Å². The molecule has 1 heterocycles. The van der Waals surface area contributed by atoms with Crippen molar-refractivity contribution in [1.29, 1.82) is 0 Å². The predicted molar refractivity (Wildman–Crippen MR) is 85.2 cm³/mol. The molecule has 22 heavy (non-hydrogen) atoms. The highest BCUT2D eigenvalue weighted by atomic mass is 16.5. The zero-order chi connectivity index (χ0) is 16.2. The van der Waals surface area contributed by atoms with Crippen LogP contribution in [0.5, 0.6) is 0 Å². The molecule has 0 aliphatic heterocycles. The third kappa shape index (κ3) is 4.43. The van der Waals surface area contributed by atoms with Gasteiger partial charge in [0.2, 0.25) is 0 Å². The molecule has 0 radical (unpaired) electrons. The van der Waals surface area contributed by atoms with Crippen molar-refractivity contribution in [3.05, 3.63) is 53.6 Å². The van der Waals surface area contributed by atoms with Gasteiger partial charge < -0.3 is 15.5 Å². The minimum Gasteiger partial charge on any atom is -0.460 e. The van der Waals surface area contributed by atoms with Crippen LogP contribution in [0.1, 0.15) is 37.6 Å². The third-order valence-corrected chi connectivity index (χ3v) is 3.50. The zero-order valence-corrected chi connectivity index (χ0v) is 13.3. The lowest BCUT2D eigenvalue weighted by molar-refractivity contribution is -0.146. The summed E-state index contributed by atoms with van der Waals surface area (Å²) >= 11 is 0. The van der Waals surface area contributed by atoms with E-state index in [0.717, 1.165) is 11.3 Å². The summed E-state index contributed by atoms with van der Waals surface area (Å²) in [5, 5.41) is 0. The van der Waals surface area contributed by atoms with E-state index in [-0.39, 0.29) is 12.0 Å². The minimum absolute atomic E-state index is 0.113. The molecule has 0 bridgehead atoms. The molecule has 0 saturated heterocycles. The Morgan fingerprint density at radius 3 is 2.55 bits per heavy atom. The number of esters is 1. The van der Waals surface area contributed by atoms with E-state index in [9.17, 15) is 4.79 Å². The Balaban J connectivity index is 1.85. The topological polar surface area (TPSA) is 81.0 Å². The summed E-state index contributed by atoms with van der Waals surface area (Å²) in [5.41, 5.74) is 8.97. The van der Waals surface area contributed by atoms with Gasteiger partial charge in [0.15, 0.2) is 0 Å². The summed E-state index contributed by atoms with van der Waals surface area (Å²) in [6, 6.07) is 7.40. The molecule has 0 aliphatic carbocycles. The van der Waals surface area contributed by atoms with Gasteiger partial charge in [-0.15, -0.1) is 0 Å². The van der Waals surface area contributed by atoms with Crippen molar-refractivity contribution >= 4 is 5.97 Å². The van der Waals surface area contributed by atoms with E-state index < -0.39 is 12.0 Å². The van der Waals surface area contributed by atoms with Gasteiger partial charge in [-0.05, 0) is 16.5 Å². The van der Waals surface area contributed by atoms with Crippen molar-refractivity contribution < 1.29 is 9.53 Å². The summed E-state index contributed by atoms with van der Waals surface area (Å²) in [7, 11) is 0. The van der Waals surface area contributed by atoms with Crippen LogP contribution in [0.25, 0.3) is 0 Å². The van der Waals surface area contributed by atoms with Crippen LogP contribution in [-0.2, 0) is 28.0 Å². The number of hydrogen-bond donors (Lipinski definition) is 2. The number of aromatic nitrogens is 2. The monoisotopic (exact) mass is 301 g/mol. The van der Waals surface area contributed by atoms with E-state index in [0.29, 0.717) is 6.42 Å². The van der Waals surface area contributed by atoms with Crippen LogP contribution < -0.4 is 5.73 Å². The predicted octanol–water partition coefficient (Wildman–Crippen LogP) is 2.32. The van der Waals surface area contributed by atoms with Crippen LogP contribution >= 0.6 is 0 Å². The Labute approximate surface area is 130 Å². The molecule has 0 aliphatic rings. The molecule has 0 fully saturated rings. The Hall–Kier alpha value is -2.14. The van der Waals surface area contributed by atoms with Crippen molar-refractivity contribution in [3.8, 4) is 0 Å². The molecule has 2 rings (SSSR count). The van der Waals surface area contributed by atoms with Gasteiger partial charge in [-0.2, -0.15) is 0 Å². The summed E-state index contributed by atoms with van der Waals surface area (Å²) < 4.78 is 5.27. The van der Waals surface area contributed by atoms with E-state index in [1.165, 1.54) is 5.56 Å². The van der Waals surface area contributed by atoms with Crippen molar-refractivity contribution in [3.63, 3.8) is 0 Å². The maximum absolute atomic E-state index is 11.9. The maximum Gasteiger partial charge on any atom is 0.323 e. The van der Waals surface area contributed by atoms with Crippen molar-refractivity contribution in [2.24, 2.45) is 5.73 Å². The number of nitrogens with one attached hydrogen (secondary N) is 1. The number of aromatic amines is 1. The van der Waals surface area contributed by atoms with Crippen LogP contribution in [0.4, 0.5) is 0 Å². The van der Waals surface area contributed by atoms with Crippen molar-refractivity contribution in [2.45, 2.75) is 45.3 Å². The summed E-state index contributed by atoms with van der Waals surface area (Å²) in [6.45, 7) is 6.73. The number of H-pyrrole nitrogens is 1. The van der Waals surface area contributed by atoms with E-state index >= 15 is 0 Å². The number of hydrogen-bond acceptors (Lipinski definition) is 4. The fourth-order valence-electron chi connectivity index (χ4n) is 2.08. The highest BCUT2D eigenvalue weighted by molar-refractivity contribution is 5.75. The van der Waals surface area contributed by atoms with Gasteiger partial charge in [0.1, 0.15) is 12.6 Å². The van der Waals surface area contributed by atoms with Crippen LogP contribution in [0.15, 0.2) is 36.8 Å². The normalized spacial score (nSPS) is 12.9. The van der Waals surface area contributed by atoms with Gasteiger partial charge in [-0.25, -0.2) is 4.98 Å². The van der Waals surface area contributed by atoms with Crippen LogP contribution in [0.2, 0.25) is 0 Å². The molecular weight excluding hydrogens is 278 g/mol. The highest BCUT2D eigenvalue weighted by Gasteiger charge is 2.17. The van der Waals surface area contributed by atoms with Crippen molar-refractivity contribution in [2.75, 3.05) is 0 Å².